The molecule has 0 saturated carbocycles. The van der Waals surface area contributed by atoms with Gasteiger partial charge in [0.2, 0.25) is 0 Å². The zero-order valence-electron chi connectivity index (χ0n) is 16.7. The number of aromatic hydroxyl groups is 1. The number of para-hydroxylation sites is 1. The van der Waals surface area contributed by atoms with Gasteiger partial charge in [-0.15, -0.1) is 0 Å². The Morgan fingerprint density at radius 1 is 0.935 bits per heavy atom. The summed E-state index contributed by atoms with van der Waals surface area (Å²) < 4.78 is 10.5. The molecule has 1 heterocycles. The van der Waals surface area contributed by atoms with Crippen LogP contribution in [0.2, 0.25) is 0 Å². The second-order valence-electron chi connectivity index (χ2n) is 7.15. The van der Waals surface area contributed by atoms with Gasteiger partial charge in [-0.2, -0.15) is 0 Å². The number of carbonyl (C=O) groups excluding carboxylic acids is 2. The summed E-state index contributed by atoms with van der Waals surface area (Å²) in [7, 11) is 0. The molecule has 156 valence electrons. The highest BCUT2D eigenvalue weighted by molar-refractivity contribution is 5.94. The number of fused-ring (bicyclic) bond motifs is 1. The van der Waals surface area contributed by atoms with Crippen molar-refractivity contribution < 1.29 is 23.8 Å². The molecule has 0 spiro atoms. The number of esters is 1. The average Bonchev–Trinajstić information content (AvgIpc) is 3.16. The van der Waals surface area contributed by atoms with E-state index in [0.29, 0.717) is 28.6 Å². The largest absolute Gasteiger partial charge is 0.508 e. The molecular formula is C25H21NO5. The summed E-state index contributed by atoms with van der Waals surface area (Å²) in [4.78, 5) is 24.5. The summed E-state index contributed by atoms with van der Waals surface area (Å²) >= 11 is 0. The Balaban J connectivity index is 1.33. The predicted octanol–water partition coefficient (Wildman–Crippen LogP) is 4.45. The molecule has 0 saturated heterocycles. The van der Waals surface area contributed by atoms with Gasteiger partial charge >= 0.3 is 5.97 Å². The van der Waals surface area contributed by atoms with Crippen molar-refractivity contribution in [1.82, 2.24) is 0 Å². The molecule has 0 aliphatic carbocycles. The van der Waals surface area contributed by atoms with Crippen molar-refractivity contribution in [2.75, 3.05) is 11.9 Å². The molecule has 0 aliphatic rings. The average molecular weight is 415 g/mol. The minimum atomic E-state index is -0.538. The fourth-order valence-corrected chi connectivity index (χ4v) is 3.36. The third-order valence-corrected chi connectivity index (χ3v) is 4.87. The van der Waals surface area contributed by atoms with Crippen LogP contribution < -0.4 is 5.32 Å². The highest BCUT2D eigenvalue weighted by atomic mass is 16.5. The van der Waals surface area contributed by atoms with E-state index in [2.05, 4.69) is 5.32 Å². The Hall–Kier alpha value is -4.06. The number of anilines is 1. The van der Waals surface area contributed by atoms with Crippen LogP contribution in [0.15, 0.2) is 83.5 Å². The normalized spacial score (nSPS) is 10.7. The number of hydrogen-bond acceptors (Lipinski definition) is 5. The zero-order chi connectivity index (χ0) is 21.6. The van der Waals surface area contributed by atoms with Crippen LogP contribution in [0.1, 0.15) is 16.7 Å². The predicted molar refractivity (Wildman–Crippen MR) is 117 cm³/mol. The minimum Gasteiger partial charge on any atom is -0.508 e. The van der Waals surface area contributed by atoms with E-state index < -0.39 is 11.9 Å². The fourth-order valence-electron chi connectivity index (χ4n) is 3.36. The van der Waals surface area contributed by atoms with Gasteiger partial charge in [0.1, 0.15) is 11.3 Å². The van der Waals surface area contributed by atoms with Crippen LogP contribution in [0, 0.1) is 0 Å². The van der Waals surface area contributed by atoms with Crippen LogP contribution >= 0.6 is 0 Å². The van der Waals surface area contributed by atoms with Crippen LogP contribution in [0.5, 0.6) is 5.75 Å². The number of phenolic OH excluding ortho intramolecular Hbond substituents is 1. The SMILES string of the molecule is O=C(COC(=O)Cc1coc2cc(O)ccc12)Nc1ccccc1Cc1ccccc1. The number of amides is 1. The second-order valence-corrected chi connectivity index (χ2v) is 7.15. The summed E-state index contributed by atoms with van der Waals surface area (Å²) in [6.07, 6.45) is 2.10. The molecule has 1 amide bonds. The summed E-state index contributed by atoms with van der Waals surface area (Å²) in [5.74, 6) is -0.862. The number of hydrogen-bond donors (Lipinski definition) is 2. The quantitative estimate of drug-likeness (QED) is 0.435. The molecule has 6 nitrogen and oxygen atoms in total. The highest BCUT2D eigenvalue weighted by Crippen LogP contribution is 2.25. The molecule has 0 aliphatic heterocycles. The van der Waals surface area contributed by atoms with Crippen LogP contribution in [0.3, 0.4) is 0 Å². The van der Waals surface area contributed by atoms with Gasteiger partial charge in [0.15, 0.2) is 6.61 Å². The Kier molecular flexibility index (Phi) is 5.98. The molecule has 31 heavy (non-hydrogen) atoms. The van der Waals surface area contributed by atoms with E-state index in [4.69, 9.17) is 9.15 Å². The Bertz CT molecular complexity index is 1210. The van der Waals surface area contributed by atoms with Crippen LogP contribution in [0.25, 0.3) is 11.0 Å². The third kappa shape index (κ3) is 5.11. The smallest absolute Gasteiger partial charge is 0.310 e. The molecule has 2 N–H and O–H groups in total. The number of carbonyl (C=O) groups is 2. The molecule has 3 aromatic carbocycles. The molecule has 0 atom stereocenters. The van der Waals surface area contributed by atoms with Crippen molar-refractivity contribution in [3.8, 4) is 5.75 Å². The van der Waals surface area contributed by atoms with Gasteiger partial charge < -0.3 is 19.6 Å². The fraction of sp³-hybridized carbons (Fsp3) is 0.120. The Labute approximate surface area is 179 Å². The molecule has 0 unspecified atom stereocenters. The molecule has 4 rings (SSSR count). The van der Waals surface area contributed by atoms with Crippen molar-refractivity contribution in [2.45, 2.75) is 12.8 Å². The lowest BCUT2D eigenvalue weighted by Gasteiger charge is -2.11. The molecule has 1 aromatic heterocycles. The van der Waals surface area contributed by atoms with Crippen molar-refractivity contribution in [2.24, 2.45) is 0 Å². The van der Waals surface area contributed by atoms with Crippen LogP contribution in [-0.2, 0) is 27.2 Å². The molecule has 6 heteroatoms. The van der Waals surface area contributed by atoms with Gasteiger partial charge in [-0.3, -0.25) is 9.59 Å². The van der Waals surface area contributed by atoms with Gasteiger partial charge in [-0.1, -0.05) is 48.5 Å². The number of furan rings is 1. The monoisotopic (exact) mass is 415 g/mol. The van der Waals surface area contributed by atoms with Crippen molar-refractivity contribution in [1.29, 1.82) is 0 Å². The number of ether oxygens (including phenoxy) is 1. The first-order valence-electron chi connectivity index (χ1n) is 9.85. The first-order valence-corrected chi connectivity index (χ1v) is 9.85. The molecule has 0 radical (unpaired) electrons. The third-order valence-electron chi connectivity index (χ3n) is 4.87. The standard InChI is InChI=1S/C25H21NO5/c27-20-10-11-21-19(15-30-23(21)14-20)13-25(29)31-16-24(28)26-22-9-5-4-8-18(22)12-17-6-2-1-3-7-17/h1-11,14-15,27H,12-13,16H2,(H,26,28). The number of rotatable bonds is 7. The van der Waals surface area contributed by atoms with Gasteiger partial charge in [0.25, 0.3) is 5.91 Å². The van der Waals surface area contributed by atoms with Crippen molar-refractivity contribution in [3.63, 3.8) is 0 Å². The topological polar surface area (TPSA) is 88.8 Å². The number of nitrogens with one attached hydrogen (secondary N) is 1. The number of phenols is 1. The van der Waals surface area contributed by atoms with Crippen LogP contribution in [-0.4, -0.2) is 23.6 Å². The van der Waals surface area contributed by atoms with Gasteiger partial charge in [-0.05, 0) is 35.7 Å². The van der Waals surface area contributed by atoms with E-state index in [-0.39, 0.29) is 18.8 Å². The summed E-state index contributed by atoms with van der Waals surface area (Å²) in [6.45, 7) is -0.380. The Morgan fingerprint density at radius 3 is 2.55 bits per heavy atom. The lowest BCUT2D eigenvalue weighted by molar-refractivity contribution is -0.146. The summed E-state index contributed by atoms with van der Waals surface area (Å²) in [6, 6.07) is 22.2. The molecule has 0 bridgehead atoms. The van der Waals surface area contributed by atoms with Crippen molar-refractivity contribution >= 4 is 28.5 Å². The van der Waals surface area contributed by atoms with E-state index in [0.717, 1.165) is 11.1 Å². The van der Waals surface area contributed by atoms with Gasteiger partial charge in [-0.25, -0.2) is 0 Å². The maximum absolute atomic E-state index is 12.3. The maximum Gasteiger partial charge on any atom is 0.310 e. The lowest BCUT2D eigenvalue weighted by atomic mass is 10.0. The molecular weight excluding hydrogens is 394 g/mol. The maximum atomic E-state index is 12.3. The lowest BCUT2D eigenvalue weighted by Crippen LogP contribution is -2.22. The van der Waals surface area contributed by atoms with E-state index in [1.54, 1.807) is 6.07 Å². The van der Waals surface area contributed by atoms with Crippen LogP contribution in [0.4, 0.5) is 5.69 Å². The molecule has 0 fully saturated rings. The molecule has 4 aromatic rings. The first kappa shape index (κ1) is 20.2. The Morgan fingerprint density at radius 2 is 1.71 bits per heavy atom. The van der Waals surface area contributed by atoms with E-state index in [1.165, 1.54) is 18.4 Å². The number of benzene rings is 3. The summed E-state index contributed by atoms with van der Waals surface area (Å²) in [5, 5.41) is 13.0. The van der Waals surface area contributed by atoms with Crippen molar-refractivity contribution in [3.05, 3.63) is 95.7 Å². The van der Waals surface area contributed by atoms with Gasteiger partial charge in [0, 0.05) is 22.7 Å². The summed E-state index contributed by atoms with van der Waals surface area (Å²) in [5.41, 5.74) is 3.91. The minimum absolute atomic E-state index is 0.0321. The zero-order valence-corrected chi connectivity index (χ0v) is 16.7. The van der Waals surface area contributed by atoms with E-state index in [1.807, 2.05) is 54.6 Å². The van der Waals surface area contributed by atoms with Gasteiger partial charge in [0.05, 0.1) is 12.7 Å². The highest BCUT2D eigenvalue weighted by Gasteiger charge is 2.14. The van der Waals surface area contributed by atoms with E-state index in [9.17, 15) is 14.7 Å². The van der Waals surface area contributed by atoms with E-state index >= 15 is 0 Å². The second kappa shape index (κ2) is 9.17. The first-order chi connectivity index (χ1) is 15.1.